The van der Waals surface area contributed by atoms with Crippen molar-refractivity contribution < 1.29 is 27.1 Å². The van der Waals surface area contributed by atoms with Gasteiger partial charge in [-0.1, -0.05) is 18.2 Å². The van der Waals surface area contributed by atoms with Gasteiger partial charge in [0.25, 0.3) is 10.0 Å². The largest absolute Gasteiger partial charge is 0.482 e. The Hall–Kier alpha value is -3.63. The van der Waals surface area contributed by atoms with Gasteiger partial charge in [-0.3, -0.25) is 4.31 Å². The molecule has 4 aromatic rings. The van der Waals surface area contributed by atoms with Gasteiger partial charge in [0.1, 0.15) is 22.1 Å². The van der Waals surface area contributed by atoms with Crippen molar-refractivity contribution >= 4 is 44.0 Å². The third-order valence-corrected chi connectivity index (χ3v) is 8.20. The highest BCUT2D eigenvalue weighted by atomic mass is 32.2. The Labute approximate surface area is 200 Å². The van der Waals surface area contributed by atoms with Crippen LogP contribution in [0, 0.1) is 6.92 Å². The number of fused-ring (bicyclic) bond motifs is 1. The van der Waals surface area contributed by atoms with Gasteiger partial charge in [-0.2, -0.15) is 0 Å². The number of benzene rings is 2. The number of aryl methyl sites for hydroxylation is 1. The van der Waals surface area contributed by atoms with Crippen LogP contribution in [-0.2, 0) is 26.2 Å². The molecule has 2 aromatic carbocycles. The zero-order valence-electron chi connectivity index (χ0n) is 18.4. The van der Waals surface area contributed by atoms with E-state index in [1.54, 1.807) is 47.8 Å². The highest BCUT2D eigenvalue weighted by molar-refractivity contribution is 7.94. The molecule has 0 amide bonds. The van der Waals surface area contributed by atoms with Crippen molar-refractivity contribution in [2.75, 3.05) is 18.0 Å². The van der Waals surface area contributed by atoms with Gasteiger partial charge < -0.3 is 13.9 Å². The summed E-state index contributed by atoms with van der Waals surface area (Å²) < 4.78 is 42.6. The number of anilines is 1. The first-order valence-corrected chi connectivity index (χ1v) is 12.5. The Morgan fingerprint density at radius 3 is 2.56 bits per heavy atom. The predicted octanol–water partition coefficient (Wildman–Crippen LogP) is 4.11. The third-order valence-electron chi connectivity index (χ3n) is 5.04. The van der Waals surface area contributed by atoms with E-state index in [9.17, 15) is 18.0 Å². The SMILES string of the molecule is Cc1ccc2c(COC(=O)COc3ccc(N(C)S(=O)(=O)c4cccs4)cc3)cc(=O)oc2c1. The first-order valence-electron chi connectivity index (χ1n) is 10.2. The van der Waals surface area contributed by atoms with Crippen molar-refractivity contribution in [1.29, 1.82) is 0 Å². The summed E-state index contributed by atoms with van der Waals surface area (Å²) in [6, 6.07) is 16.3. The van der Waals surface area contributed by atoms with Crippen LogP contribution in [0.1, 0.15) is 11.1 Å². The maximum absolute atomic E-state index is 12.6. The molecule has 0 aliphatic heterocycles. The fourth-order valence-electron chi connectivity index (χ4n) is 3.24. The molecule has 0 saturated carbocycles. The van der Waals surface area contributed by atoms with Gasteiger partial charge in [0.2, 0.25) is 0 Å². The maximum atomic E-state index is 12.6. The lowest BCUT2D eigenvalue weighted by molar-refractivity contribution is -0.147. The van der Waals surface area contributed by atoms with Crippen LogP contribution >= 0.6 is 11.3 Å². The molecule has 34 heavy (non-hydrogen) atoms. The predicted molar refractivity (Wildman–Crippen MR) is 129 cm³/mol. The number of carbonyl (C=O) groups is 1. The highest BCUT2D eigenvalue weighted by Gasteiger charge is 2.22. The van der Waals surface area contributed by atoms with Crippen molar-refractivity contribution in [3.8, 4) is 5.75 Å². The number of hydrogen-bond acceptors (Lipinski definition) is 8. The molecular formula is C24H21NO7S2. The first kappa shape index (κ1) is 23.5. The average molecular weight is 500 g/mol. The molecule has 0 radical (unpaired) electrons. The summed E-state index contributed by atoms with van der Waals surface area (Å²) in [4.78, 5) is 24.0. The molecule has 0 bridgehead atoms. The van der Waals surface area contributed by atoms with E-state index in [2.05, 4.69) is 0 Å². The second-order valence-electron chi connectivity index (χ2n) is 7.44. The molecule has 2 aromatic heterocycles. The molecule has 10 heteroatoms. The molecule has 8 nitrogen and oxygen atoms in total. The monoisotopic (exact) mass is 499 g/mol. The third kappa shape index (κ3) is 5.13. The fraction of sp³-hybridized carbons (Fsp3) is 0.167. The summed E-state index contributed by atoms with van der Waals surface area (Å²) in [7, 11) is -2.16. The van der Waals surface area contributed by atoms with E-state index in [1.165, 1.54) is 17.4 Å². The number of ether oxygens (including phenoxy) is 2. The van der Waals surface area contributed by atoms with Gasteiger partial charge in [-0.05, 0) is 54.3 Å². The van der Waals surface area contributed by atoms with E-state index in [1.807, 2.05) is 19.1 Å². The fourth-order valence-corrected chi connectivity index (χ4v) is 5.59. The van der Waals surface area contributed by atoms with Crippen LogP contribution in [0.3, 0.4) is 0 Å². The number of sulfonamides is 1. The Morgan fingerprint density at radius 1 is 1.09 bits per heavy atom. The summed E-state index contributed by atoms with van der Waals surface area (Å²) in [6.45, 7) is 1.44. The standard InChI is InChI=1S/C24H21NO7S2/c1-16-5-10-20-17(13-22(26)32-21(20)12-16)14-31-23(27)15-30-19-8-6-18(7-9-19)25(2)34(28,29)24-4-3-11-33-24/h3-13H,14-15H2,1-2H3. The van der Waals surface area contributed by atoms with Crippen molar-refractivity contribution in [2.24, 2.45) is 0 Å². The molecular weight excluding hydrogens is 478 g/mol. The molecule has 0 fully saturated rings. The topological polar surface area (TPSA) is 103 Å². The normalized spacial score (nSPS) is 11.4. The Bertz CT molecular complexity index is 1470. The maximum Gasteiger partial charge on any atom is 0.344 e. The zero-order chi connectivity index (χ0) is 24.3. The van der Waals surface area contributed by atoms with Gasteiger partial charge in [-0.15, -0.1) is 11.3 Å². The van der Waals surface area contributed by atoms with Gasteiger partial charge in [0.15, 0.2) is 6.61 Å². The minimum absolute atomic E-state index is 0.0995. The lowest BCUT2D eigenvalue weighted by Crippen LogP contribution is -2.25. The average Bonchev–Trinajstić information content (AvgIpc) is 3.36. The van der Waals surface area contributed by atoms with Crippen LogP contribution in [0.15, 0.2) is 79.5 Å². The van der Waals surface area contributed by atoms with Gasteiger partial charge in [-0.25, -0.2) is 18.0 Å². The summed E-state index contributed by atoms with van der Waals surface area (Å²) in [5, 5.41) is 2.39. The van der Waals surface area contributed by atoms with Crippen molar-refractivity contribution in [3.63, 3.8) is 0 Å². The van der Waals surface area contributed by atoms with E-state index in [0.717, 1.165) is 16.9 Å². The molecule has 0 unspecified atom stereocenters. The van der Waals surface area contributed by atoms with Crippen LogP contribution in [-0.4, -0.2) is 28.0 Å². The molecule has 0 atom stereocenters. The van der Waals surface area contributed by atoms with E-state index in [-0.39, 0.29) is 17.4 Å². The summed E-state index contributed by atoms with van der Waals surface area (Å²) in [5.74, 6) is -0.237. The van der Waals surface area contributed by atoms with E-state index in [4.69, 9.17) is 13.9 Å². The second kappa shape index (κ2) is 9.70. The van der Waals surface area contributed by atoms with Crippen LogP contribution in [0.25, 0.3) is 11.0 Å². The number of hydrogen-bond donors (Lipinski definition) is 0. The molecule has 0 saturated heterocycles. The van der Waals surface area contributed by atoms with Crippen molar-refractivity contribution in [2.45, 2.75) is 17.7 Å². The highest BCUT2D eigenvalue weighted by Crippen LogP contribution is 2.26. The summed E-state index contributed by atoms with van der Waals surface area (Å²) in [6.07, 6.45) is 0. The van der Waals surface area contributed by atoms with Crippen LogP contribution in [0.5, 0.6) is 5.75 Å². The molecule has 0 aliphatic carbocycles. The molecule has 0 N–H and O–H groups in total. The number of thiophene rings is 1. The van der Waals surface area contributed by atoms with Gasteiger partial charge >= 0.3 is 11.6 Å². The van der Waals surface area contributed by atoms with Crippen LogP contribution < -0.4 is 14.7 Å². The first-order chi connectivity index (χ1) is 16.2. The van der Waals surface area contributed by atoms with E-state index < -0.39 is 21.6 Å². The van der Waals surface area contributed by atoms with E-state index >= 15 is 0 Å². The van der Waals surface area contributed by atoms with Gasteiger partial charge in [0.05, 0.1) is 5.69 Å². The minimum atomic E-state index is -3.63. The molecule has 2 heterocycles. The Balaban J connectivity index is 1.35. The van der Waals surface area contributed by atoms with Crippen LogP contribution in [0.4, 0.5) is 5.69 Å². The molecule has 0 aliphatic rings. The van der Waals surface area contributed by atoms with Crippen molar-refractivity contribution in [3.05, 3.63) is 87.6 Å². The number of esters is 1. The summed E-state index contributed by atoms with van der Waals surface area (Å²) in [5.41, 5.74) is 1.85. The zero-order valence-corrected chi connectivity index (χ0v) is 20.0. The number of nitrogens with zero attached hydrogens (tertiary/aromatic N) is 1. The number of carbonyl (C=O) groups excluding carboxylic acids is 1. The molecule has 4 rings (SSSR count). The molecule has 0 spiro atoms. The Morgan fingerprint density at radius 2 is 1.85 bits per heavy atom. The second-order valence-corrected chi connectivity index (χ2v) is 10.6. The van der Waals surface area contributed by atoms with Crippen LogP contribution in [0.2, 0.25) is 0 Å². The molecule has 176 valence electrons. The number of rotatable bonds is 8. The smallest absolute Gasteiger partial charge is 0.344 e. The lowest BCUT2D eigenvalue weighted by Gasteiger charge is -2.18. The summed E-state index contributed by atoms with van der Waals surface area (Å²) >= 11 is 1.14. The quantitative estimate of drug-likeness (QED) is 0.265. The van der Waals surface area contributed by atoms with Gasteiger partial charge in [0, 0.05) is 24.1 Å². The Kier molecular flexibility index (Phi) is 6.71. The van der Waals surface area contributed by atoms with E-state index in [0.29, 0.717) is 28.0 Å². The van der Waals surface area contributed by atoms with Crippen molar-refractivity contribution in [1.82, 2.24) is 0 Å². The lowest BCUT2D eigenvalue weighted by atomic mass is 10.1. The minimum Gasteiger partial charge on any atom is -0.482 e.